The van der Waals surface area contributed by atoms with Crippen LogP contribution in [0.25, 0.3) is 0 Å². The van der Waals surface area contributed by atoms with Crippen molar-refractivity contribution >= 4 is 11.6 Å². The van der Waals surface area contributed by atoms with Gasteiger partial charge >= 0.3 is 0 Å². The van der Waals surface area contributed by atoms with Gasteiger partial charge in [0.15, 0.2) is 0 Å². The number of amides is 1. The van der Waals surface area contributed by atoms with Crippen molar-refractivity contribution in [1.29, 1.82) is 0 Å². The molecule has 3 rings (SSSR count). The number of carbonyl (C=O) groups is 1. The fraction of sp³-hybridized carbons (Fsp3) is 0.476. The van der Waals surface area contributed by atoms with Crippen LogP contribution in [0.1, 0.15) is 43.7 Å². The number of carbonyl (C=O) groups excluding carboxylic acids is 1. The Hall–Kier alpha value is -2.63. The molecule has 144 valence electrons. The van der Waals surface area contributed by atoms with Crippen molar-refractivity contribution in [2.45, 2.75) is 39.2 Å². The highest BCUT2D eigenvalue weighted by molar-refractivity contribution is 5.79. The summed E-state index contributed by atoms with van der Waals surface area (Å²) in [6.07, 6.45) is 3.49. The van der Waals surface area contributed by atoms with Crippen LogP contribution in [0.5, 0.6) is 0 Å². The summed E-state index contributed by atoms with van der Waals surface area (Å²) in [5.41, 5.74) is 3.07. The van der Waals surface area contributed by atoms with Crippen LogP contribution in [0, 0.1) is 5.92 Å². The second kappa shape index (κ2) is 8.37. The summed E-state index contributed by atoms with van der Waals surface area (Å²) >= 11 is 0. The molecule has 6 nitrogen and oxygen atoms in total. The van der Waals surface area contributed by atoms with E-state index in [0.717, 1.165) is 30.6 Å². The summed E-state index contributed by atoms with van der Waals surface area (Å²) in [6.45, 7) is 6.34. The molecule has 0 bridgehead atoms. The molecule has 0 spiro atoms. The second-order valence-corrected chi connectivity index (χ2v) is 7.57. The fourth-order valence-electron chi connectivity index (χ4n) is 3.41. The largest absolute Gasteiger partial charge is 0.369 e. The molecule has 1 aliphatic heterocycles. The molecule has 0 radical (unpaired) electrons. The number of anilines is 1. The Labute approximate surface area is 160 Å². The number of nitrogens with one attached hydrogen (secondary N) is 1. The minimum absolute atomic E-state index is 0.0715. The Balaban J connectivity index is 1.57. The van der Waals surface area contributed by atoms with Gasteiger partial charge in [0.2, 0.25) is 5.91 Å². The van der Waals surface area contributed by atoms with Gasteiger partial charge in [0.05, 0.1) is 17.8 Å². The zero-order valence-electron chi connectivity index (χ0n) is 16.3. The van der Waals surface area contributed by atoms with Gasteiger partial charge < -0.3 is 10.2 Å². The third kappa shape index (κ3) is 4.76. The van der Waals surface area contributed by atoms with Gasteiger partial charge in [-0.1, -0.05) is 38.1 Å². The van der Waals surface area contributed by atoms with Crippen molar-refractivity contribution < 1.29 is 4.79 Å². The third-order valence-corrected chi connectivity index (χ3v) is 5.22. The minimum Gasteiger partial charge on any atom is -0.369 e. The first-order valence-corrected chi connectivity index (χ1v) is 9.59. The highest BCUT2D eigenvalue weighted by Crippen LogP contribution is 2.22. The van der Waals surface area contributed by atoms with Gasteiger partial charge in [-0.3, -0.25) is 9.59 Å². The van der Waals surface area contributed by atoms with Gasteiger partial charge in [-0.05, 0) is 29.9 Å². The van der Waals surface area contributed by atoms with Crippen LogP contribution in [-0.4, -0.2) is 28.8 Å². The Kier molecular flexibility index (Phi) is 5.94. The molecule has 0 aliphatic carbocycles. The molecule has 0 unspecified atom stereocenters. The van der Waals surface area contributed by atoms with Crippen molar-refractivity contribution in [1.82, 2.24) is 15.1 Å². The van der Waals surface area contributed by atoms with Gasteiger partial charge in [-0.15, -0.1) is 0 Å². The van der Waals surface area contributed by atoms with Crippen LogP contribution in [0.4, 0.5) is 5.69 Å². The second-order valence-electron chi connectivity index (χ2n) is 7.57. The molecule has 2 heterocycles. The van der Waals surface area contributed by atoms with Crippen molar-refractivity contribution in [3.05, 3.63) is 58.0 Å². The number of aryl methyl sites for hydroxylation is 1. The van der Waals surface area contributed by atoms with E-state index in [0.29, 0.717) is 19.0 Å². The smallest absolute Gasteiger partial charge is 0.268 e. The first kappa shape index (κ1) is 19.1. The van der Waals surface area contributed by atoms with E-state index in [-0.39, 0.29) is 17.4 Å². The number of benzene rings is 1. The summed E-state index contributed by atoms with van der Waals surface area (Å²) < 4.78 is 1.31. The van der Waals surface area contributed by atoms with Gasteiger partial charge in [0, 0.05) is 32.7 Å². The number of aromatic nitrogens is 2. The summed E-state index contributed by atoms with van der Waals surface area (Å²) in [7, 11) is 1.63. The van der Waals surface area contributed by atoms with Crippen LogP contribution >= 0.6 is 0 Å². The van der Waals surface area contributed by atoms with Gasteiger partial charge in [0.25, 0.3) is 5.56 Å². The number of hydrogen-bond acceptors (Lipinski definition) is 4. The van der Waals surface area contributed by atoms with Gasteiger partial charge in [-0.25, -0.2) is 4.68 Å². The first-order valence-electron chi connectivity index (χ1n) is 9.59. The van der Waals surface area contributed by atoms with Crippen LogP contribution in [0.3, 0.4) is 0 Å². The van der Waals surface area contributed by atoms with Crippen LogP contribution in [0.2, 0.25) is 0 Å². The standard InChI is InChI=1S/C21H28N4O2/c1-15(2)17-8-6-16(7-9-17)12-22-21(27)18-5-4-10-25(14-18)19-11-20(26)24(3)23-13-19/h6-9,11,13,15,18H,4-5,10,12,14H2,1-3H3,(H,22,27)/t18-/m0/s1. The Bertz CT molecular complexity index is 842. The Morgan fingerprint density at radius 1 is 1.30 bits per heavy atom. The van der Waals surface area contributed by atoms with Gasteiger partial charge in [-0.2, -0.15) is 5.10 Å². The highest BCUT2D eigenvalue weighted by Gasteiger charge is 2.26. The summed E-state index contributed by atoms with van der Waals surface area (Å²) in [5, 5.41) is 7.14. The van der Waals surface area contributed by atoms with E-state index in [1.54, 1.807) is 19.3 Å². The van der Waals surface area contributed by atoms with Crippen LogP contribution in [-0.2, 0) is 18.4 Å². The maximum Gasteiger partial charge on any atom is 0.268 e. The zero-order valence-corrected chi connectivity index (χ0v) is 16.3. The first-order chi connectivity index (χ1) is 12.9. The highest BCUT2D eigenvalue weighted by atomic mass is 16.2. The molecule has 2 aromatic rings. The summed E-state index contributed by atoms with van der Waals surface area (Å²) in [4.78, 5) is 26.5. The SMILES string of the molecule is CC(C)c1ccc(CNC(=O)[C@H]2CCCN(c3cnn(C)c(=O)c3)C2)cc1. The van der Waals surface area contributed by atoms with E-state index in [9.17, 15) is 9.59 Å². The molecule has 0 saturated carbocycles. The maximum absolute atomic E-state index is 12.6. The predicted octanol–water partition coefficient (Wildman–Crippen LogP) is 2.44. The Morgan fingerprint density at radius 2 is 2.04 bits per heavy atom. The lowest BCUT2D eigenvalue weighted by Crippen LogP contribution is -2.43. The van der Waals surface area contributed by atoms with Crippen molar-refractivity contribution in [2.75, 3.05) is 18.0 Å². The van der Waals surface area contributed by atoms with Crippen molar-refractivity contribution in [2.24, 2.45) is 13.0 Å². The van der Waals surface area contributed by atoms with E-state index in [1.165, 1.54) is 10.2 Å². The minimum atomic E-state index is -0.135. The lowest BCUT2D eigenvalue weighted by Gasteiger charge is -2.33. The summed E-state index contributed by atoms with van der Waals surface area (Å²) in [5.74, 6) is 0.508. The quantitative estimate of drug-likeness (QED) is 0.880. The van der Waals surface area contributed by atoms with Crippen LogP contribution in [0.15, 0.2) is 41.3 Å². The molecule has 6 heteroatoms. The lowest BCUT2D eigenvalue weighted by atomic mass is 9.96. The van der Waals surface area contributed by atoms with E-state index in [2.05, 4.69) is 53.4 Å². The molecule has 1 saturated heterocycles. The fourth-order valence-corrected chi connectivity index (χ4v) is 3.41. The number of rotatable bonds is 5. The molecule has 1 aliphatic rings. The topological polar surface area (TPSA) is 67.2 Å². The lowest BCUT2D eigenvalue weighted by molar-refractivity contribution is -0.125. The molecule has 1 aromatic heterocycles. The molecule has 1 fully saturated rings. The third-order valence-electron chi connectivity index (χ3n) is 5.22. The number of hydrogen-bond donors (Lipinski definition) is 1. The molecule has 1 aromatic carbocycles. The maximum atomic E-state index is 12.6. The van der Waals surface area contributed by atoms with E-state index < -0.39 is 0 Å². The van der Waals surface area contributed by atoms with E-state index in [4.69, 9.17) is 0 Å². The molecule has 1 atom stereocenters. The number of nitrogens with zero attached hydrogens (tertiary/aromatic N) is 3. The average Bonchev–Trinajstić information content (AvgIpc) is 2.68. The predicted molar refractivity (Wildman–Crippen MR) is 107 cm³/mol. The number of piperidine rings is 1. The van der Waals surface area contributed by atoms with Gasteiger partial charge in [0.1, 0.15) is 0 Å². The normalized spacial score (nSPS) is 17.2. The van der Waals surface area contributed by atoms with Crippen molar-refractivity contribution in [3.63, 3.8) is 0 Å². The molecule has 27 heavy (non-hydrogen) atoms. The molecule has 1 amide bonds. The van der Waals surface area contributed by atoms with Crippen molar-refractivity contribution in [3.8, 4) is 0 Å². The Morgan fingerprint density at radius 3 is 2.70 bits per heavy atom. The molecular formula is C21H28N4O2. The average molecular weight is 368 g/mol. The van der Waals surface area contributed by atoms with E-state index >= 15 is 0 Å². The van der Waals surface area contributed by atoms with E-state index in [1.807, 2.05) is 0 Å². The monoisotopic (exact) mass is 368 g/mol. The zero-order chi connectivity index (χ0) is 19.4. The summed E-state index contributed by atoms with van der Waals surface area (Å²) in [6, 6.07) is 9.99. The molecular weight excluding hydrogens is 340 g/mol. The molecule has 1 N–H and O–H groups in total. The van der Waals surface area contributed by atoms with Crippen LogP contribution < -0.4 is 15.8 Å².